The minimum atomic E-state index is -3.68. The largest absolute Gasteiger partial charge is 0.317 e. The molecule has 0 spiro atoms. The highest BCUT2D eigenvalue weighted by atomic mass is 32.2. The number of nitrogens with zero attached hydrogens (tertiary/aromatic N) is 3. The van der Waals surface area contributed by atoms with Gasteiger partial charge in [-0.05, 0) is 68.5 Å². The Morgan fingerprint density at radius 1 is 1.09 bits per heavy atom. The quantitative estimate of drug-likeness (QED) is 0.670. The molecule has 1 aromatic heterocycles. The second-order valence-electron chi connectivity index (χ2n) is 8.38. The molecule has 33 heavy (non-hydrogen) atoms. The minimum absolute atomic E-state index is 0.0867. The van der Waals surface area contributed by atoms with Gasteiger partial charge in [0.05, 0.1) is 10.5 Å². The Kier molecular flexibility index (Phi) is 7.44. The SMILES string of the molecule is N#Cc1c(NC(=O)CCN2CCCN(S(=O)(=O)c3ccc(F)cc3)CC2)sc2c1CCCC2. The van der Waals surface area contributed by atoms with Crippen molar-refractivity contribution in [2.75, 3.05) is 38.0 Å². The van der Waals surface area contributed by atoms with Crippen molar-refractivity contribution in [3.05, 3.63) is 46.1 Å². The van der Waals surface area contributed by atoms with E-state index in [2.05, 4.69) is 16.3 Å². The van der Waals surface area contributed by atoms with Crippen molar-refractivity contribution in [3.8, 4) is 6.07 Å². The van der Waals surface area contributed by atoms with Gasteiger partial charge < -0.3 is 10.2 Å². The molecule has 1 aromatic carbocycles. The van der Waals surface area contributed by atoms with Crippen LogP contribution >= 0.6 is 11.3 Å². The molecule has 1 saturated heterocycles. The first-order chi connectivity index (χ1) is 15.9. The van der Waals surface area contributed by atoms with E-state index < -0.39 is 15.8 Å². The third kappa shape index (κ3) is 5.44. The fourth-order valence-electron chi connectivity index (χ4n) is 4.39. The number of rotatable bonds is 6. The van der Waals surface area contributed by atoms with E-state index in [1.165, 1.54) is 32.7 Å². The lowest BCUT2D eigenvalue weighted by molar-refractivity contribution is -0.116. The van der Waals surface area contributed by atoms with Gasteiger partial charge in [-0.15, -0.1) is 11.3 Å². The first kappa shape index (κ1) is 23.8. The van der Waals surface area contributed by atoms with Gasteiger partial charge >= 0.3 is 0 Å². The summed E-state index contributed by atoms with van der Waals surface area (Å²) in [6, 6.07) is 7.14. The average molecular weight is 491 g/mol. The molecule has 7 nitrogen and oxygen atoms in total. The minimum Gasteiger partial charge on any atom is -0.317 e. The van der Waals surface area contributed by atoms with Crippen molar-refractivity contribution >= 4 is 32.3 Å². The molecule has 1 N–H and O–H groups in total. The summed E-state index contributed by atoms with van der Waals surface area (Å²) in [5, 5.41) is 13.1. The summed E-state index contributed by atoms with van der Waals surface area (Å²) in [7, 11) is -3.68. The van der Waals surface area contributed by atoms with Crippen LogP contribution in [-0.2, 0) is 27.7 Å². The molecule has 10 heteroatoms. The standard InChI is InChI=1S/C23H27FN4O3S2/c24-17-6-8-18(9-7-17)33(30,31)28-12-3-11-27(14-15-28)13-10-22(29)26-23-20(16-25)19-4-1-2-5-21(19)32-23/h6-9H,1-5,10-15H2,(H,26,29). The molecule has 0 saturated carbocycles. The van der Waals surface area contributed by atoms with Crippen LogP contribution in [0.2, 0.25) is 0 Å². The number of anilines is 1. The zero-order valence-corrected chi connectivity index (χ0v) is 20.0. The molecular weight excluding hydrogens is 463 g/mol. The summed E-state index contributed by atoms with van der Waals surface area (Å²) in [5.41, 5.74) is 1.71. The fourth-order valence-corrected chi connectivity index (χ4v) is 7.11. The predicted octanol–water partition coefficient (Wildman–Crippen LogP) is 3.36. The highest BCUT2D eigenvalue weighted by Gasteiger charge is 2.27. The lowest BCUT2D eigenvalue weighted by atomic mass is 9.96. The van der Waals surface area contributed by atoms with E-state index >= 15 is 0 Å². The fraction of sp³-hybridized carbons (Fsp3) is 0.478. The first-order valence-electron chi connectivity index (χ1n) is 11.2. The predicted molar refractivity (Wildman–Crippen MR) is 125 cm³/mol. The molecule has 176 valence electrons. The zero-order chi connectivity index (χ0) is 23.4. The Bertz CT molecular complexity index is 1160. The smallest absolute Gasteiger partial charge is 0.243 e. The van der Waals surface area contributed by atoms with Crippen LogP contribution in [0.15, 0.2) is 29.2 Å². The van der Waals surface area contributed by atoms with Crippen molar-refractivity contribution in [3.63, 3.8) is 0 Å². The number of halogens is 1. The molecule has 0 atom stereocenters. The molecular formula is C23H27FN4O3S2. The summed E-state index contributed by atoms with van der Waals surface area (Å²) in [6.45, 7) is 2.43. The van der Waals surface area contributed by atoms with E-state index in [1.807, 2.05) is 0 Å². The van der Waals surface area contributed by atoms with Crippen LogP contribution in [0.4, 0.5) is 9.39 Å². The molecule has 2 aliphatic rings. The van der Waals surface area contributed by atoms with Crippen molar-refractivity contribution in [1.82, 2.24) is 9.21 Å². The lowest BCUT2D eigenvalue weighted by Crippen LogP contribution is -2.36. The van der Waals surface area contributed by atoms with Crippen LogP contribution in [0.1, 0.15) is 41.7 Å². The highest BCUT2D eigenvalue weighted by Crippen LogP contribution is 2.37. The van der Waals surface area contributed by atoms with Gasteiger partial charge in [-0.3, -0.25) is 4.79 Å². The maximum absolute atomic E-state index is 13.2. The zero-order valence-electron chi connectivity index (χ0n) is 18.3. The number of hydrogen-bond donors (Lipinski definition) is 1. The number of fused-ring (bicyclic) bond motifs is 1. The third-order valence-corrected chi connectivity index (χ3v) is 9.31. The summed E-state index contributed by atoms with van der Waals surface area (Å²) in [5.74, 6) is -0.607. The van der Waals surface area contributed by atoms with E-state index in [4.69, 9.17) is 0 Å². The van der Waals surface area contributed by atoms with Gasteiger partial charge in [-0.25, -0.2) is 12.8 Å². The number of carbonyl (C=O) groups is 1. The van der Waals surface area contributed by atoms with Crippen molar-refractivity contribution < 1.29 is 17.6 Å². The van der Waals surface area contributed by atoms with Gasteiger partial charge in [-0.2, -0.15) is 9.57 Å². The van der Waals surface area contributed by atoms with Gasteiger partial charge in [0.2, 0.25) is 15.9 Å². The number of sulfonamides is 1. The first-order valence-corrected chi connectivity index (χ1v) is 13.5. The van der Waals surface area contributed by atoms with Crippen LogP contribution in [0, 0.1) is 17.1 Å². The number of hydrogen-bond acceptors (Lipinski definition) is 6. The molecule has 1 amide bonds. The van der Waals surface area contributed by atoms with Crippen LogP contribution in [-0.4, -0.2) is 56.3 Å². The van der Waals surface area contributed by atoms with Crippen molar-refractivity contribution in [2.24, 2.45) is 0 Å². The van der Waals surface area contributed by atoms with E-state index in [-0.39, 0.29) is 17.2 Å². The Hall–Kier alpha value is -2.32. The van der Waals surface area contributed by atoms with E-state index in [0.29, 0.717) is 49.7 Å². The maximum Gasteiger partial charge on any atom is 0.243 e. The number of nitriles is 1. The van der Waals surface area contributed by atoms with Gasteiger partial charge in [0.25, 0.3) is 0 Å². The van der Waals surface area contributed by atoms with Crippen LogP contribution < -0.4 is 5.32 Å². The molecule has 0 radical (unpaired) electrons. The third-order valence-electron chi connectivity index (χ3n) is 6.19. The Morgan fingerprint density at radius 3 is 2.61 bits per heavy atom. The Balaban J connectivity index is 1.31. The lowest BCUT2D eigenvalue weighted by Gasteiger charge is -2.21. The number of nitrogens with one attached hydrogen (secondary N) is 1. The molecule has 0 unspecified atom stereocenters. The van der Waals surface area contributed by atoms with Gasteiger partial charge in [-0.1, -0.05) is 0 Å². The number of carbonyl (C=O) groups excluding carboxylic acids is 1. The summed E-state index contributed by atoms with van der Waals surface area (Å²) < 4.78 is 40.3. The number of thiophene rings is 1. The summed E-state index contributed by atoms with van der Waals surface area (Å²) >= 11 is 1.52. The normalized spacial score (nSPS) is 17.7. The second-order valence-corrected chi connectivity index (χ2v) is 11.4. The number of benzene rings is 1. The molecule has 1 aliphatic heterocycles. The topological polar surface area (TPSA) is 93.5 Å². The van der Waals surface area contributed by atoms with E-state index in [0.717, 1.165) is 43.4 Å². The van der Waals surface area contributed by atoms with Gasteiger partial charge in [0.1, 0.15) is 16.9 Å². The summed E-state index contributed by atoms with van der Waals surface area (Å²) in [4.78, 5) is 16.0. The monoisotopic (exact) mass is 490 g/mol. The molecule has 1 aliphatic carbocycles. The van der Waals surface area contributed by atoms with Gasteiger partial charge in [0.15, 0.2) is 0 Å². The molecule has 0 bridgehead atoms. The Labute approximate surface area is 197 Å². The molecule has 4 rings (SSSR count). The van der Waals surface area contributed by atoms with E-state index in [9.17, 15) is 22.9 Å². The van der Waals surface area contributed by atoms with E-state index in [1.54, 1.807) is 0 Å². The van der Waals surface area contributed by atoms with Crippen LogP contribution in [0.25, 0.3) is 0 Å². The second kappa shape index (κ2) is 10.3. The number of amides is 1. The number of aryl methyl sites for hydroxylation is 1. The van der Waals surface area contributed by atoms with Crippen LogP contribution in [0.5, 0.6) is 0 Å². The Morgan fingerprint density at radius 2 is 1.85 bits per heavy atom. The molecule has 2 heterocycles. The molecule has 1 fully saturated rings. The van der Waals surface area contributed by atoms with Crippen molar-refractivity contribution in [2.45, 2.75) is 43.4 Å². The highest BCUT2D eigenvalue weighted by molar-refractivity contribution is 7.89. The van der Waals surface area contributed by atoms with Crippen LogP contribution in [0.3, 0.4) is 0 Å². The maximum atomic E-state index is 13.2. The van der Waals surface area contributed by atoms with Crippen molar-refractivity contribution in [1.29, 1.82) is 5.26 Å². The average Bonchev–Trinajstić information content (AvgIpc) is 2.97. The summed E-state index contributed by atoms with van der Waals surface area (Å²) in [6.07, 6.45) is 4.99. The molecule has 2 aromatic rings. The van der Waals surface area contributed by atoms with Gasteiger partial charge in [0, 0.05) is 37.5 Å².